The molecule has 1 aliphatic carbocycles. The topological polar surface area (TPSA) is 38.9 Å². The van der Waals surface area contributed by atoms with E-state index in [9.17, 15) is 0 Å². The molecule has 0 spiro atoms. The molecule has 0 amide bonds. The van der Waals surface area contributed by atoms with Crippen LogP contribution >= 0.6 is 11.3 Å². The third-order valence-corrected chi connectivity index (χ3v) is 4.50. The summed E-state index contributed by atoms with van der Waals surface area (Å²) < 4.78 is 0. The zero-order valence-electron chi connectivity index (χ0n) is 10.2. The van der Waals surface area contributed by atoms with Crippen LogP contribution in [-0.2, 0) is 0 Å². The van der Waals surface area contributed by atoms with Gasteiger partial charge in [0.1, 0.15) is 10.7 Å². The Morgan fingerprint density at radius 2 is 2.06 bits per heavy atom. The van der Waals surface area contributed by atoms with Crippen LogP contribution in [0.3, 0.4) is 0 Å². The molecule has 1 aromatic heterocycles. The van der Waals surface area contributed by atoms with E-state index in [0.29, 0.717) is 5.92 Å². The maximum Gasteiger partial charge on any atom is 0.114 e. The average Bonchev–Trinajstić information content (AvgIpc) is 3.07. The average molecular weight is 244 g/mol. The summed E-state index contributed by atoms with van der Waals surface area (Å²) >= 11 is 1.66. The fourth-order valence-corrected chi connectivity index (χ4v) is 3.07. The third kappa shape index (κ3) is 1.84. The highest BCUT2D eigenvalue weighted by molar-refractivity contribution is 7.16. The number of nitrogens with zero attached hydrogens (tertiary/aromatic N) is 1. The Hall–Kier alpha value is -1.35. The van der Waals surface area contributed by atoms with Gasteiger partial charge in [-0.15, -0.1) is 11.3 Å². The van der Waals surface area contributed by atoms with E-state index in [-0.39, 0.29) is 0 Å². The largest absolute Gasteiger partial charge is 0.389 e. The van der Waals surface area contributed by atoms with Crippen LogP contribution in [0.4, 0.5) is 5.00 Å². The van der Waals surface area contributed by atoms with E-state index >= 15 is 0 Å². The second-order valence-electron chi connectivity index (χ2n) is 4.79. The summed E-state index contributed by atoms with van der Waals surface area (Å²) in [6.45, 7) is 4.27. The minimum Gasteiger partial charge on any atom is -0.389 e. The lowest BCUT2D eigenvalue weighted by atomic mass is 10.0. The second-order valence-corrected chi connectivity index (χ2v) is 5.85. The van der Waals surface area contributed by atoms with Crippen LogP contribution in [0, 0.1) is 13.8 Å². The summed E-state index contributed by atoms with van der Waals surface area (Å²) in [4.78, 5) is 4.74. The number of nitrogen functional groups attached to an aromatic ring is 1. The highest BCUT2D eigenvalue weighted by Crippen LogP contribution is 2.45. The Balaban J connectivity index is 2.11. The van der Waals surface area contributed by atoms with Gasteiger partial charge in [-0.2, -0.15) is 0 Å². The van der Waals surface area contributed by atoms with Gasteiger partial charge in [0.2, 0.25) is 0 Å². The number of rotatable bonds is 2. The molecular weight excluding hydrogens is 228 g/mol. The Labute approximate surface area is 106 Å². The SMILES string of the molecule is Cc1cccc(-c2nc(C3CC3)sc2N)c1C. The van der Waals surface area contributed by atoms with Crippen molar-refractivity contribution >= 4 is 16.3 Å². The standard InChI is InChI=1S/C14H16N2S/c1-8-4-3-5-11(9(8)2)12-13(15)17-14(16-12)10-6-7-10/h3-5,10H,6-7,15H2,1-2H3. The minimum atomic E-state index is 0.682. The number of anilines is 1. The fraction of sp³-hybridized carbons (Fsp3) is 0.357. The molecule has 0 radical (unpaired) electrons. The number of benzene rings is 1. The van der Waals surface area contributed by atoms with Crippen molar-refractivity contribution in [3.63, 3.8) is 0 Å². The van der Waals surface area contributed by atoms with Crippen LogP contribution in [-0.4, -0.2) is 4.98 Å². The molecule has 2 N–H and O–H groups in total. The molecule has 0 unspecified atom stereocenters. The molecular formula is C14H16N2S. The summed E-state index contributed by atoms with van der Waals surface area (Å²) in [6, 6.07) is 6.32. The Bertz CT molecular complexity index is 568. The quantitative estimate of drug-likeness (QED) is 0.870. The first-order valence-electron chi connectivity index (χ1n) is 5.99. The first kappa shape index (κ1) is 10.8. The Morgan fingerprint density at radius 1 is 1.29 bits per heavy atom. The molecule has 1 fully saturated rings. The minimum absolute atomic E-state index is 0.682. The second kappa shape index (κ2) is 3.84. The third-order valence-electron chi connectivity index (χ3n) is 3.46. The van der Waals surface area contributed by atoms with Gasteiger partial charge in [-0.1, -0.05) is 18.2 Å². The predicted molar refractivity (Wildman–Crippen MR) is 73.4 cm³/mol. The van der Waals surface area contributed by atoms with Crippen molar-refractivity contribution in [1.82, 2.24) is 4.98 Å². The highest BCUT2D eigenvalue weighted by atomic mass is 32.1. The van der Waals surface area contributed by atoms with Gasteiger partial charge in [0, 0.05) is 11.5 Å². The van der Waals surface area contributed by atoms with Crippen molar-refractivity contribution in [1.29, 1.82) is 0 Å². The van der Waals surface area contributed by atoms with Crippen LogP contribution < -0.4 is 5.73 Å². The van der Waals surface area contributed by atoms with E-state index in [1.54, 1.807) is 11.3 Å². The highest BCUT2D eigenvalue weighted by Gasteiger charge is 2.28. The number of aryl methyl sites for hydroxylation is 1. The summed E-state index contributed by atoms with van der Waals surface area (Å²) in [5.41, 5.74) is 10.9. The number of aromatic nitrogens is 1. The Morgan fingerprint density at radius 3 is 2.76 bits per heavy atom. The first-order chi connectivity index (χ1) is 8.16. The number of hydrogen-bond acceptors (Lipinski definition) is 3. The van der Waals surface area contributed by atoms with E-state index in [1.807, 2.05) is 0 Å². The number of thiazole rings is 1. The zero-order valence-corrected chi connectivity index (χ0v) is 11.0. The predicted octanol–water partition coefficient (Wildman–Crippen LogP) is 3.89. The van der Waals surface area contributed by atoms with Gasteiger partial charge in [-0.05, 0) is 37.8 Å². The lowest BCUT2D eigenvalue weighted by molar-refractivity contribution is 1.08. The molecule has 3 rings (SSSR count). The summed E-state index contributed by atoms with van der Waals surface area (Å²) in [7, 11) is 0. The smallest absolute Gasteiger partial charge is 0.114 e. The van der Waals surface area contributed by atoms with Crippen molar-refractivity contribution in [2.24, 2.45) is 0 Å². The van der Waals surface area contributed by atoms with E-state index in [4.69, 9.17) is 10.7 Å². The molecule has 1 aliphatic rings. The summed E-state index contributed by atoms with van der Waals surface area (Å²) in [5, 5.41) is 2.08. The molecule has 1 heterocycles. The molecule has 0 atom stereocenters. The van der Waals surface area contributed by atoms with Crippen LogP contribution in [0.15, 0.2) is 18.2 Å². The lowest BCUT2D eigenvalue weighted by Gasteiger charge is -2.06. The van der Waals surface area contributed by atoms with Gasteiger partial charge in [-0.3, -0.25) is 0 Å². The molecule has 0 aliphatic heterocycles. The van der Waals surface area contributed by atoms with Crippen molar-refractivity contribution in [2.75, 3.05) is 5.73 Å². The number of nitrogens with two attached hydrogens (primary N) is 1. The summed E-state index contributed by atoms with van der Waals surface area (Å²) in [6.07, 6.45) is 2.55. The van der Waals surface area contributed by atoms with Crippen molar-refractivity contribution in [3.8, 4) is 11.3 Å². The first-order valence-corrected chi connectivity index (χ1v) is 6.81. The fourth-order valence-electron chi connectivity index (χ4n) is 2.05. The maximum absolute atomic E-state index is 6.11. The molecule has 2 aromatic rings. The van der Waals surface area contributed by atoms with Crippen LogP contribution in [0.25, 0.3) is 11.3 Å². The maximum atomic E-state index is 6.11. The van der Waals surface area contributed by atoms with Gasteiger partial charge in [-0.25, -0.2) is 4.98 Å². The number of hydrogen-bond donors (Lipinski definition) is 1. The van der Waals surface area contributed by atoms with E-state index in [1.165, 1.54) is 34.5 Å². The monoisotopic (exact) mass is 244 g/mol. The van der Waals surface area contributed by atoms with E-state index < -0.39 is 0 Å². The van der Waals surface area contributed by atoms with Gasteiger partial charge < -0.3 is 5.73 Å². The van der Waals surface area contributed by atoms with Crippen LogP contribution in [0.5, 0.6) is 0 Å². The zero-order chi connectivity index (χ0) is 12.0. The molecule has 0 saturated heterocycles. The van der Waals surface area contributed by atoms with Gasteiger partial charge in [0.15, 0.2) is 0 Å². The van der Waals surface area contributed by atoms with Crippen LogP contribution in [0.2, 0.25) is 0 Å². The van der Waals surface area contributed by atoms with Gasteiger partial charge >= 0.3 is 0 Å². The van der Waals surface area contributed by atoms with Crippen LogP contribution in [0.1, 0.15) is 34.9 Å². The summed E-state index contributed by atoms with van der Waals surface area (Å²) in [5.74, 6) is 0.682. The molecule has 17 heavy (non-hydrogen) atoms. The molecule has 0 bridgehead atoms. The van der Waals surface area contributed by atoms with Crippen molar-refractivity contribution < 1.29 is 0 Å². The lowest BCUT2D eigenvalue weighted by Crippen LogP contribution is -1.91. The van der Waals surface area contributed by atoms with Gasteiger partial charge in [0.05, 0.1) is 5.01 Å². The normalized spacial score (nSPS) is 15.2. The van der Waals surface area contributed by atoms with E-state index in [2.05, 4.69) is 32.0 Å². The van der Waals surface area contributed by atoms with E-state index in [0.717, 1.165) is 10.7 Å². The molecule has 1 saturated carbocycles. The van der Waals surface area contributed by atoms with Gasteiger partial charge in [0.25, 0.3) is 0 Å². The Kier molecular flexibility index (Phi) is 2.44. The molecule has 2 nitrogen and oxygen atoms in total. The molecule has 3 heteroatoms. The van der Waals surface area contributed by atoms with Crippen molar-refractivity contribution in [3.05, 3.63) is 34.3 Å². The molecule has 88 valence electrons. The van der Waals surface area contributed by atoms with Crippen molar-refractivity contribution in [2.45, 2.75) is 32.6 Å². The molecule has 1 aromatic carbocycles.